The summed E-state index contributed by atoms with van der Waals surface area (Å²) in [4.78, 5) is 23.2. The maximum Gasteiger partial charge on any atom is 0.303 e. The second-order valence-electron chi connectivity index (χ2n) is 8.59. The number of rotatable bonds is 20. The predicted octanol–water partition coefficient (Wildman–Crippen LogP) is 6.57. The van der Waals surface area contributed by atoms with Crippen LogP contribution in [-0.4, -0.2) is 49.1 Å². The molecule has 0 aliphatic heterocycles. The van der Waals surface area contributed by atoms with Crippen LogP contribution in [0.5, 0.6) is 0 Å². The number of carboxylic acids is 1. The summed E-state index contributed by atoms with van der Waals surface area (Å²) in [6.07, 6.45) is 23.6. The maximum atomic E-state index is 11.7. The van der Waals surface area contributed by atoms with Gasteiger partial charge in [0.1, 0.15) is 0 Å². The van der Waals surface area contributed by atoms with Gasteiger partial charge < -0.3 is 15.3 Å². The summed E-state index contributed by atoms with van der Waals surface area (Å²) in [7, 11) is 4.13. The number of nitrogens with one attached hydrogen (secondary N) is 1. The zero-order valence-electron chi connectivity index (χ0n) is 21.1. The van der Waals surface area contributed by atoms with Crippen LogP contribution in [0.25, 0.3) is 0 Å². The molecule has 184 valence electrons. The quantitative estimate of drug-likeness (QED) is 0.166. The number of carbonyl (C=O) groups is 2. The van der Waals surface area contributed by atoms with E-state index >= 15 is 0 Å². The Bertz CT molecular complexity index is 423. The molecule has 2 N–H and O–H groups in total. The van der Waals surface area contributed by atoms with Gasteiger partial charge in [0.25, 0.3) is 0 Å². The van der Waals surface area contributed by atoms with Gasteiger partial charge in [0.15, 0.2) is 0 Å². The van der Waals surface area contributed by atoms with Gasteiger partial charge in [-0.25, -0.2) is 0 Å². The Balaban J connectivity index is 0. The smallest absolute Gasteiger partial charge is 0.303 e. The number of allylic oxidation sites excluding steroid dienone is 2. The minimum absolute atomic E-state index is 0.222. The lowest BCUT2D eigenvalue weighted by atomic mass is 10.1. The van der Waals surface area contributed by atoms with Crippen molar-refractivity contribution in [1.29, 1.82) is 0 Å². The molecule has 5 nitrogen and oxygen atoms in total. The molecule has 0 aliphatic carbocycles. The predicted molar refractivity (Wildman–Crippen MR) is 134 cm³/mol. The Morgan fingerprint density at radius 2 is 1.26 bits per heavy atom. The molecule has 0 radical (unpaired) electrons. The van der Waals surface area contributed by atoms with Gasteiger partial charge in [-0.2, -0.15) is 0 Å². The molecule has 0 saturated carbocycles. The van der Waals surface area contributed by atoms with Crippen molar-refractivity contribution in [2.45, 2.75) is 117 Å². The van der Waals surface area contributed by atoms with E-state index in [2.05, 4.69) is 43.4 Å². The molecule has 0 atom stereocenters. The third kappa shape index (κ3) is 33.5. The molecule has 1 amide bonds. The second-order valence-corrected chi connectivity index (χ2v) is 8.59. The van der Waals surface area contributed by atoms with E-state index in [4.69, 9.17) is 5.11 Å². The van der Waals surface area contributed by atoms with Crippen molar-refractivity contribution >= 4 is 11.9 Å². The summed E-state index contributed by atoms with van der Waals surface area (Å²) in [6, 6.07) is 0. The van der Waals surface area contributed by atoms with Crippen LogP contribution in [0.2, 0.25) is 0 Å². The first-order chi connectivity index (χ1) is 14.9. The maximum absolute atomic E-state index is 11.7. The van der Waals surface area contributed by atoms with E-state index in [9.17, 15) is 9.59 Å². The highest BCUT2D eigenvalue weighted by molar-refractivity contribution is 5.75. The van der Waals surface area contributed by atoms with Crippen molar-refractivity contribution in [1.82, 2.24) is 10.2 Å². The minimum atomic E-state index is -0.745. The lowest BCUT2D eigenvalue weighted by Gasteiger charge is -2.09. The van der Waals surface area contributed by atoms with E-state index < -0.39 is 5.97 Å². The fourth-order valence-electron chi connectivity index (χ4n) is 3.07. The number of aliphatic carboxylic acids is 1. The minimum Gasteiger partial charge on any atom is -0.481 e. The van der Waals surface area contributed by atoms with Gasteiger partial charge in [-0.3, -0.25) is 9.59 Å². The molecular formula is C26H52N2O3. The number of amides is 1. The standard InChI is InChI=1S/C23H46N2O.C3H6O2/c1-4-5-6-7-8-9-10-11-12-13-14-15-16-17-18-20-23(26)24-21-19-22-25(2)3;1-2-3(4)5/h11-12H,4-10,13-22H2,1-3H3,(H,24,26);2H2,1H3,(H,4,5). The Morgan fingerprint density at radius 1 is 0.774 bits per heavy atom. The van der Waals surface area contributed by atoms with Gasteiger partial charge in [0, 0.05) is 19.4 Å². The molecule has 0 bridgehead atoms. The first kappa shape index (κ1) is 31.8. The van der Waals surface area contributed by atoms with E-state index in [1.54, 1.807) is 6.92 Å². The van der Waals surface area contributed by atoms with Crippen LogP contribution in [0.3, 0.4) is 0 Å². The van der Waals surface area contributed by atoms with Crippen LogP contribution in [0.15, 0.2) is 12.2 Å². The average Bonchev–Trinajstić information content (AvgIpc) is 2.74. The van der Waals surface area contributed by atoms with E-state index in [0.717, 1.165) is 25.9 Å². The third-order valence-electron chi connectivity index (χ3n) is 5.07. The molecule has 0 aromatic rings. The van der Waals surface area contributed by atoms with E-state index in [1.165, 1.54) is 77.0 Å². The monoisotopic (exact) mass is 440 g/mol. The van der Waals surface area contributed by atoms with Crippen molar-refractivity contribution in [3.8, 4) is 0 Å². The lowest BCUT2D eigenvalue weighted by molar-refractivity contribution is -0.136. The largest absolute Gasteiger partial charge is 0.481 e. The van der Waals surface area contributed by atoms with Gasteiger partial charge in [0.05, 0.1) is 0 Å². The summed E-state index contributed by atoms with van der Waals surface area (Å²) >= 11 is 0. The molecule has 0 saturated heterocycles. The third-order valence-corrected chi connectivity index (χ3v) is 5.07. The number of carboxylic acid groups (broad SMARTS) is 1. The van der Waals surface area contributed by atoms with Gasteiger partial charge in [-0.1, -0.05) is 77.4 Å². The summed E-state index contributed by atoms with van der Waals surface area (Å²) in [5, 5.41) is 10.7. The van der Waals surface area contributed by atoms with Gasteiger partial charge in [-0.05, 0) is 59.2 Å². The molecule has 0 rings (SSSR count). The Labute approximate surface area is 193 Å². The van der Waals surface area contributed by atoms with Crippen molar-refractivity contribution in [2.75, 3.05) is 27.2 Å². The normalized spacial score (nSPS) is 10.9. The summed E-state index contributed by atoms with van der Waals surface area (Å²) in [5.41, 5.74) is 0. The highest BCUT2D eigenvalue weighted by Crippen LogP contribution is 2.09. The zero-order valence-corrected chi connectivity index (χ0v) is 21.1. The Morgan fingerprint density at radius 3 is 1.74 bits per heavy atom. The number of unbranched alkanes of at least 4 members (excludes halogenated alkanes) is 11. The topological polar surface area (TPSA) is 69.6 Å². The first-order valence-corrected chi connectivity index (χ1v) is 12.7. The van der Waals surface area contributed by atoms with Gasteiger partial charge in [0.2, 0.25) is 5.91 Å². The molecule has 0 heterocycles. The van der Waals surface area contributed by atoms with Crippen molar-refractivity contribution in [3.63, 3.8) is 0 Å². The van der Waals surface area contributed by atoms with Gasteiger partial charge >= 0.3 is 5.97 Å². The summed E-state index contributed by atoms with van der Waals surface area (Å²) in [5.74, 6) is -0.522. The zero-order chi connectivity index (χ0) is 23.6. The van der Waals surface area contributed by atoms with Crippen LogP contribution in [0, 0.1) is 0 Å². The summed E-state index contributed by atoms with van der Waals surface area (Å²) < 4.78 is 0. The molecule has 0 unspecified atom stereocenters. The van der Waals surface area contributed by atoms with Gasteiger partial charge in [-0.15, -0.1) is 0 Å². The SMILES string of the molecule is CCC(=O)O.CCCCCCCCC=CCCCCCCCC(=O)NCCCN(C)C. The Kier molecular flexibility index (Phi) is 27.4. The molecule has 5 heteroatoms. The average molecular weight is 441 g/mol. The molecular weight excluding hydrogens is 388 g/mol. The van der Waals surface area contributed by atoms with Crippen LogP contribution in [0.4, 0.5) is 0 Å². The highest BCUT2D eigenvalue weighted by Gasteiger charge is 2.00. The van der Waals surface area contributed by atoms with Crippen molar-refractivity contribution < 1.29 is 14.7 Å². The van der Waals surface area contributed by atoms with E-state index in [-0.39, 0.29) is 12.3 Å². The second kappa shape index (κ2) is 26.7. The fourth-order valence-corrected chi connectivity index (χ4v) is 3.07. The molecule has 0 aromatic heterocycles. The van der Waals surface area contributed by atoms with Crippen LogP contribution < -0.4 is 5.32 Å². The molecule has 0 fully saturated rings. The number of hydrogen-bond donors (Lipinski definition) is 2. The number of hydrogen-bond acceptors (Lipinski definition) is 3. The fraction of sp³-hybridized carbons (Fsp3) is 0.846. The number of carbonyl (C=O) groups excluding carboxylic acids is 1. The van der Waals surface area contributed by atoms with Crippen LogP contribution in [-0.2, 0) is 9.59 Å². The lowest BCUT2D eigenvalue weighted by Crippen LogP contribution is -2.26. The van der Waals surface area contributed by atoms with E-state index in [1.807, 2.05) is 0 Å². The van der Waals surface area contributed by atoms with Crippen molar-refractivity contribution in [3.05, 3.63) is 12.2 Å². The highest BCUT2D eigenvalue weighted by atomic mass is 16.4. The molecule has 31 heavy (non-hydrogen) atoms. The molecule has 0 spiro atoms. The first-order valence-electron chi connectivity index (χ1n) is 12.7. The summed E-state index contributed by atoms with van der Waals surface area (Å²) in [6.45, 7) is 5.71. The van der Waals surface area contributed by atoms with Crippen LogP contribution in [0.1, 0.15) is 117 Å². The van der Waals surface area contributed by atoms with Crippen LogP contribution >= 0.6 is 0 Å². The molecule has 0 aromatic carbocycles. The van der Waals surface area contributed by atoms with E-state index in [0.29, 0.717) is 6.42 Å². The number of nitrogens with zero attached hydrogens (tertiary/aromatic N) is 1. The Hall–Kier alpha value is -1.36. The van der Waals surface area contributed by atoms with Crippen molar-refractivity contribution in [2.24, 2.45) is 0 Å². The molecule has 0 aliphatic rings.